The van der Waals surface area contributed by atoms with Crippen molar-refractivity contribution >= 4 is 12.1 Å². The van der Waals surface area contributed by atoms with Crippen molar-refractivity contribution < 1.29 is 24.0 Å². The minimum absolute atomic E-state index is 0.0632. The lowest BCUT2D eigenvalue weighted by Crippen LogP contribution is -2.33. The van der Waals surface area contributed by atoms with Crippen molar-refractivity contribution in [3.63, 3.8) is 0 Å². The lowest BCUT2D eigenvalue weighted by Gasteiger charge is -2.17. The van der Waals surface area contributed by atoms with Crippen LogP contribution < -0.4 is 0 Å². The van der Waals surface area contributed by atoms with E-state index >= 15 is 0 Å². The average molecular weight is 240 g/mol. The summed E-state index contributed by atoms with van der Waals surface area (Å²) in [4.78, 5) is 23.8. The van der Waals surface area contributed by atoms with Gasteiger partial charge in [0.15, 0.2) is 5.69 Å². The van der Waals surface area contributed by atoms with Crippen LogP contribution in [-0.2, 0) is 17.6 Å². The molecule has 92 valence electrons. The van der Waals surface area contributed by atoms with Crippen molar-refractivity contribution in [3.05, 3.63) is 17.0 Å². The van der Waals surface area contributed by atoms with Gasteiger partial charge in [-0.2, -0.15) is 0 Å². The molecule has 0 saturated heterocycles. The number of hydrogen-bond donors (Lipinski definition) is 1. The summed E-state index contributed by atoms with van der Waals surface area (Å²) >= 11 is 0. The molecule has 17 heavy (non-hydrogen) atoms. The lowest BCUT2D eigenvalue weighted by molar-refractivity contribution is 0.0684. The highest BCUT2D eigenvalue weighted by Gasteiger charge is 2.26. The van der Waals surface area contributed by atoms with Crippen LogP contribution in [0.4, 0.5) is 4.79 Å². The lowest BCUT2D eigenvalue weighted by atomic mass is 10.1. The molecule has 0 spiro atoms. The predicted molar refractivity (Wildman–Crippen MR) is 54.8 cm³/mol. The van der Waals surface area contributed by atoms with E-state index in [0.29, 0.717) is 37.3 Å². The van der Waals surface area contributed by atoms with E-state index < -0.39 is 12.1 Å². The van der Waals surface area contributed by atoms with Crippen LogP contribution in [0.25, 0.3) is 0 Å². The molecule has 0 aromatic carbocycles. The van der Waals surface area contributed by atoms with Crippen molar-refractivity contribution in [2.45, 2.75) is 12.8 Å². The molecule has 0 radical (unpaired) electrons. The number of methoxy groups -OCH3 is 1. The Morgan fingerprint density at radius 1 is 1.41 bits per heavy atom. The number of aromatic nitrogens is 1. The first-order valence-electron chi connectivity index (χ1n) is 5.17. The number of hydrogen-bond acceptors (Lipinski definition) is 5. The van der Waals surface area contributed by atoms with Gasteiger partial charge in [-0.15, -0.1) is 0 Å². The maximum atomic E-state index is 11.4. The van der Waals surface area contributed by atoms with Crippen LogP contribution in [0.15, 0.2) is 4.52 Å². The maximum absolute atomic E-state index is 11.4. The number of carbonyl (C=O) groups excluding carboxylic acids is 1. The van der Waals surface area contributed by atoms with E-state index in [9.17, 15) is 9.59 Å². The molecule has 2 heterocycles. The molecule has 0 saturated carbocycles. The highest BCUT2D eigenvalue weighted by Crippen LogP contribution is 2.20. The van der Waals surface area contributed by atoms with Gasteiger partial charge in [-0.1, -0.05) is 5.16 Å². The van der Waals surface area contributed by atoms with E-state index in [1.54, 1.807) is 0 Å². The van der Waals surface area contributed by atoms with E-state index in [4.69, 9.17) is 9.63 Å². The van der Waals surface area contributed by atoms with Gasteiger partial charge in [0.05, 0.1) is 7.11 Å². The average Bonchev–Trinajstić information content (AvgIpc) is 2.61. The monoisotopic (exact) mass is 240 g/mol. The van der Waals surface area contributed by atoms with Crippen molar-refractivity contribution in [2.75, 3.05) is 20.2 Å². The number of nitrogens with zero attached hydrogens (tertiary/aromatic N) is 2. The summed E-state index contributed by atoms with van der Waals surface area (Å²) in [7, 11) is 1.31. The molecule has 2 rings (SSSR count). The first-order valence-corrected chi connectivity index (χ1v) is 5.17. The van der Waals surface area contributed by atoms with Gasteiger partial charge in [0.2, 0.25) is 0 Å². The molecule has 7 heteroatoms. The summed E-state index contributed by atoms with van der Waals surface area (Å²) < 4.78 is 9.60. The Morgan fingerprint density at radius 2 is 2.12 bits per heavy atom. The van der Waals surface area contributed by atoms with Crippen LogP contribution in [-0.4, -0.2) is 47.4 Å². The van der Waals surface area contributed by atoms with Crippen LogP contribution in [0.1, 0.15) is 21.8 Å². The highest BCUT2D eigenvalue weighted by atomic mass is 16.5. The molecular weight excluding hydrogens is 228 g/mol. The summed E-state index contributed by atoms with van der Waals surface area (Å²) in [5.74, 6) is -0.574. The second kappa shape index (κ2) is 4.44. The Hall–Kier alpha value is -2.05. The third-order valence-electron chi connectivity index (χ3n) is 2.75. The molecule has 1 N–H and O–H groups in total. The predicted octanol–water partition coefficient (Wildman–Crippen LogP) is 0.540. The Labute approximate surface area is 96.9 Å². The summed E-state index contributed by atoms with van der Waals surface area (Å²) in [6, 6.07) is 0. The number of rotatable bonds is 1. The van der Waals surface area contributed by atoms with E-state index in [1.807, 2.05) is 0 Å². The zero-order valence-corrected chi connectivity index (χ0v) is 9.30. The zero-order chi connectivity index (χ0) is 12.4. The van der Waals surface area contributed by atoms with Crippen molar-refractivity contribution in [3.8, 4) is 0 Å². The minimum atomic E-state index is -1.11. The molecule has 1 aromatic rings. The molecule has 0 bridgehead atoms. The molecule has 0 fully saturated rings. The van der Waals surface area contributed by atoms with Gasteiger partial charge in [0, 0.05) is 25.1 Å². The van der Waals surface area contributed by atoms with Gasteiger partial charge in [0.1, 0.15) is 5.76 Å². The van der Waals surface area contributed by atoms with Crippen molar-refractivity contribution in [1.82, 2.24) is 10.1 Å². The first-order chi connectivity index (χ1) is 8.13. The number of carboxylic acids is 1. The minimum Gasteiger partial charge on any atom is -0.476 e. The molecule has 0 unspecified atom stereocenters. The molecule has 1 amide bonds. The standard InChI is InChI=1S/C10H12N2O5/c1-16-10(15)12-4-2-6-7(3-5-12)17-11-8(6)9(13)14/h2-5H2,1H3,(H,13,14). The molecule has 1 aliphatic rings. The fraction of sp³-hybridized carbons (Fsp3) is 0.500. The zero-order valence-electron chi connectivity index (χ0n) is 9.30. The number of carboxylic acid groups (broad SMARTS) is 1. The summed E-state index contributed by atoms with van der Waals surface area (Å²) in [6.07, 6.45) is 0.445. The van der Waals surface area contributed by atoms with E-state index in [0.717, 1.165) is 0 Å². The van der Waals surface area contributed by atoms with Crippen molar-refractivity contribution in [1.29, 1.82) is 0 Å². The molecule has 1 aliphatic heterocycles. The van der Waals surface area contributed by atoms with Gasteiger partial charge >= 0.3 is 12.1 Å². The fourth-order valence-electron chi connectivity index (χ4n) is 1.87. The third kappa shape index (κ3) is 2.08. The van der Waals surface area contributed by atoms with E-state index in [1.165, 1.54) is 12.0 Å². The second-order valence-corrected chi connectivity index (χ2v) is 3.70. The van der Waals surface area contributed by atoms with Gasteiger partial charge < -0.3 is 19.3 Å². The van der Waals surface area contributed by atoms with Crippen LogP contribution in [0.5, 0.6) is 0 Å². The second-order valence-electron chi connectivity index (χ2n) is 3.70. The van der Waals surface area contributed by atoms with Crippen LogP contribution in [0.3, 0.4) is 0 Å². The topological polar surface area (TPSA) is 92.9 Å². The SMILES string of the molecule is COC(=O)N1CCc2onc(C(=O)O)c2CC1. The quantitative estimate of drug-likeness (QED) is 0.770. The van der Waals surface area contributed by atoms with Gasteiger partial charge in [0.25, 0.3) is 0 Å². The number of carbonyl (C=O) groups is 2. The molecule has 0 aliphatic carbocycles. The number of amides is 1. The van der Waals surface area contributed by atoms with Crippen LogP contribution in [0, 0.1) is 0 Å². The maximum Gasteiger partial charge on any atom is 0.409 e. The number of fused-ring (bicyclic) bond motifs is 1. The van der Waals surface area contributed by atoms with E-state index in [2.05, 4.69) is 9.89 Å². The highest BCUT2D eigenvalue weighted by molar-refractivity contribution is 5.87. The first kappa shape index (κ1) is 11.4. The molecule has 0 atom stereocenters. The van der Waals surface area contributed by atoms with Gasteiger partial charge in [-0.05, 0) is 6.42 Å². The normalized spacial score (nSPS) is 15.0. The number of ether oxygens (including phenoxy) is 1. The molecule has 1 aromatic heterocycles. The summed E-state index contributed by atoms with van der Waals surface area (Å²) in [5.41, 5.74) is 0.510. The summed E-state index contributed by atoms with van der Waals surface area (Å²) in [6.45, 7) is 0.842. The Kier molecular flexibility index (Phi) is 2.99. The van der Waals surface area contributed by atoms with Crippen LogP contribution >= 0.6 is 0 Å². The molecular formula is C10H12N2O5. The van der Waals surface area contributed by atoms with E-state index in [-0.39, 0.29) is 5.69 Å². The summed E-state index contributed by atoms with van der Waals surface area (Å²) in [5, 5.41) is 12.4. The third-order valence-corrected chi connectivity index (χ3v) is 2.75. The number of aromatic carboxylic acids is 1. The Balaban J connectivity index is 2.19. The fourth-order valence-corrected chi connectivity index (χ4v) is 1.87. The van der Waals surface area contributed by atoms with Gasteiger partial charge in [-0.3, -0.25) is 0 Å². The Morgan fingerprint density at radius 3 is 2.76 bits per heavy atom. The van der Waals surface area contributed by atoms with Crippen LogP contribution in [0.2, 0.25) is 0 Å². The van der Waals surface area contributed by atoms with Gasteiger partial charge in [-0.25, -0.2) is 9.59 Å². The largest absolute Gasteiger partial charge is 0.476 e. The van der Waals surface area contributed by atoms with Crippen molar-refractivity contribution in [2.24, 2.45) is 0 Å². The smallest absolute Gasteiger partial charge is 0.409 e. The molecule has 7 nitrogen and oxygen atoms in total. The Bertz CT molecular complexity index is 454.